The van der Waals surface area contributed by atoms with Gasteiger partial charge in [-0.15, -0.1) is 0 Å². The van der Waals surface area contributed by atoms with Crippen molar-refractivity contribution in [3.05, 3.63) is 23.5 Å². The number of hydrogen-bond donors (Lipinski definition) is 1. The predicted molar refractivity (Wildman–Crippen MR) is 68.5 cm³/mol. The smallest absolute Gasteiger partial charge is 0.230 e. The summed E-state index contributed by atoms with van der Waals surface area (Å²) < 4.78 is 6.62. The van der Waals surface area contributed by atoms with Crippen LogP contribution in [0.15, 0.2) is 10.6 Å². The van der Waals surface area contributed by atoms with Gasteiger partial charge in [-0.3, -0.25) is 4.79 Å². The quantitative estimate of drug-likeness (QED) is 0.902. The fraction of sp³-hybridized carbons (Fsp3) is 0.500. The number of anilines is 1. The van der Waals surface area contributed by atoms with Gasteiger partial charge in [0.15, 0.2) is 5.82 Å². The largest absolute Gasteiger partial charge is 0.360 e. The van der Waals surface area contributed by atoms with Gasteiger partial charge in [0, 0.05) is 6.07 Å². The van der Waals surface area contributed by atoms with E-state index < -0.39 is 0 Å². The average Bonchev–Trinajstić information content (AvgIpc) is 2.85. The molecule has 0 spiro atoms. The maximum absolute atomic E-state index is 12.0. The minimum absolute atomic E-state index is 0.124. The number of aryl methyl sites for hydroxylation is 3. The molecule has 0 aliphatic rings. The molecule has 7 nitrogen and oxygen atoms in total. The summed E-state index contributed by atoms with van der Waals surface area (Å²) in [5.41, 5.74) is 0. The zero-order valence-electron chi connectivity index (χ0n) is 11.5. The van der Waals surface area contributed by atoms with Gasteiger partial charge in [-0.1, -0.05) is 12.1 Å². The van der Waals surface area contributed by atoms with Crippen molar-refractivity contribution in [2.75, 3.05) is 5.32 Å². The molecule has 1 atom stereocenters. The van der Waals surface area contributed by atoms with Crippen molar-refractivity contribution < 1.29 is 9.32 Å². The summed E-state index contributed by atoms with van der Waals surface area (Å²) in [7, 11) is 0. The van der Waals surface area contributed by atoms with Crippen LogP contribution in [0.4, 0.5) is 5.82 Å². The van der Waals surface area contributed by atoms with E-state index in [1.807, 2.05) is 20.8 Å². The van der Waals surface area contributed by atoms with Gasteiger partial charge in [0.25, 0.3) is 0 Å². The maximum Gasteiger partial charge on any atom is 0.230 e. The highest BCUT2D eigenvalue weighted by atomic mass is 16.5. The van der Waals surface area contributed by atoms with Crippen molar-refractivity contribution in [3.63, 3.8) is 0 Å². The number of aromatic nitrogens is 4. The minimum atomic E-state index is -0.239. The molecule has 102 valence electrons. The van der Waals surface area contributed by atoms with Gasteiger partial charge in [0.1, 0.15) is 17.4 Å². The van der Waals surface area contributed by atoms with Crippen molar-refractivity contribution in [2.45, 2.75) is 34.2 Å². The Labute approximate surface area is 111 Å². The van der Waals surface area contributed by atoms with Gasteiger partial charge in [-0.05, 0) is 20.8 Å². The molecule has 0 saturated heterocycles. The van der Waals surface area contributed by atoms with E-state index in [2.05, 4.69) is 20.6 Å². The lowest BCUT2D eigenvalue weighted by Crippen LogP contribution is -2.25. The standard InChI is InChI=1S/C12H17N5O2/c1-7(6-17-10(4)13-9(3)15-17)12(18)14-11-5-8(2)19-16-11/h5,7H,6H2,1-4H3,(H,14,16,18)/t7-/m0/s1. The van der Waals surface area contributed by atoms with Crippen LogP contribution in [-0.2, 0) is 11.3 Å². The summed E-state index contributed by atoms with van der Waals surface area (Å²) in [6.07, 6.45) is 0. The second-order valence-electron chi connectivity index (χ2n) is 4.60. The molecule has 1 N–H and O–H groups in total. The maximum atomic E-state index is 12.0. The van der Waals surface area contributed by atoms with E-state index in [-0.39, 0.29) is 11.8 Å². The topological polar surface area (TPSA) is 85.8 Å². The first-order valence-corrected chi connectivity index (χ1v) is 6.08. The molecule has 0 saturated carbocycles. The molecule has 2 rings (SSSR count). The molecule has 0 radical (unpaired) electrons. The molecular weight excluding hydrogens is 246 g/mol. The van der Waals surface area contributed by atoms with Crippen LogP contribution < -0.4 is 5.32 Å². The van der Waals surface area contributed by atoms with Crippen LogP contribution in [0.1, 0.15) is 24.3 Å². The molecule has 19 heavy (non-hydrogen) atoms. The molecule has 0 aliphatic carbocycles. The summed E-state index contributed by atoms with van der Waals surface area (Å²) in [5, 5.41) is 10.7. The number of rotatable bonds is 4. The van der Waals surface area contributed by atoms with E-state index in [0.29, 0.717) is 23.9 Å². The monoisotopic (exact) mass is 263 g/mol. The van der Waals surface area contributed by atoms with Crippen molar-refractivity contribution in [1.82, 2.24) is 19.9 Å². The van der Waals surface area contributed by atoms with E-state index in [1.54, 1.807) is 17.7 Å². The van der Waals surface area contributed by atoms with Crippen molar-refractivity contribution in [1.29, 1.82) is 0 Å². The first-order chi connectivity index (χ1) is 8.95. The van der Waals surface area contributed by atoms with Crippen LogP contribution in [0.5, 0.6) is 0 Å². The second-order valence-corrected chi connectivity index (χ2v) is 4.60. The van der Waals surface area contributed by atoms with E-state index in [0.717, 1.165) is 5.82 Å². The summed E-state index contributed by atoms with van der Waals surface area (Å²) in [4.78, 5) is 16.2. The summed E-state index contributed by atoms with van der Waals surface area (Å²) in [5.74, 6) is 2.23. The number of carbonyl (C=O) groups is 1. The third-order valence-corrected chi connectivity index (χ3v) is 2.74. The number of amides is 1. The van der Waals surface area contributed by atoms with Gasteiger partial charge in [0.2, 0.25) is 5.91 Å². The van der Waals surface area contributed by atoms with E-state index in [1.165, 1.54) is 0 Å². The highest BCUT2D eigenvalue weighted by Gasteiger charge is 2.17. The molecule has 0 bridgehead atoms. The van der Waals surface area contributed by atoms with Crippen LogP contribution in [0.25, 0.3) is 0 Å². The normalized spacial score (nSPS) is 12.4. The van der Waals surface area contributed by atoms with Gasteiger partial charge in [0.05, 0.1) is 12.5 Å². The average molecular weight is 263 g/mol. The SMILES string of the molecule is Cc1nc(C)n(C[C@H](C)C(=O)Nc2cc(C)on2)n1. The number of nitrogens with one attached hydrogen (secondary N) is 1. The van der Waals surface area contributed by atoms with E-state index in [4.69, 9.17) is 4.52 Å². The Morgan fingerprint density at radius 2 is 2.21 bits per heavy atom. The van der Waals surface area contributed by atoms with Gasteiger partial charge in [-0.25, -0.2) is 9.67 Å². The molecule has 2 heterocycles. The molecule has 0 unspecified atom stereocenters. The first kappa shape index (κ1) is 13.3. The Hall–Kier alpha value is -2.18. The first-order valence-electron chi connectivity index (χ1n) is 6.08. The van der Waals surface area contributed by atoms with Crippen LogP contribution in [0.2, 0.25) is 0 Å². The third-order valence-electron chi connectivity index (χ3n) is 2.74. The minimum Gasteiger partial charge on any atom is -0.360 e. The zero-order chi connectivity index (χ0) is 14.0. The summed E-state index contributed by atoms with van der Waals surface area (Å²) in [6.45, 7) is 7.78. The Bertz CT molecular complexity index is 587. The van der Waals surface area contributed by atoms with Gasteiger partial charge < -0.3 is 9.84 Å². The molecule has 0 aromatic carbocycles. The molecule has 1 amide bonds. The number of hydrogen-bond acceptors (Lipinski definition) is 5. The van der Waals surface area contributed by atoms with Crippen LogP contribution in [0.3, 0.4) is 0 Å². The summed E-state index contributed by atoms with van der Waals surface area (Å²) in [6, 6.07) is 1.68. The molecule has 2 aromatic heterocycles. The number of nitrogens with zero attached hydrogens (tertiary/aromatic N) is 4. The lowest BCUT2D eigenvalue weighted by atomic mass is 10.1. The summed E-state index contributed by atoms with van der Waals surface area (Å²) >= 11 is 0. The predicted octanol–water partition coefficient (Wildman–Crippen LogP) is 1.47. The van der Waals surface area contributed by atoms with Crippen LogP contribution >= 0.6 is 0 Å². The number of carbonyl (C=O) groups excluding carboxylic acids is 1. The van der Waals surface area contributed by atoms with Crippen molar-refractivity contribution >= 4 is 11.7 Å². The second kappa shape index (κ2) is 5.21. The molecule has 7 heteroatoms. The Kier molecular flexibility index (Phi) is 3.64. The fourth-order valence-electron chi connectivity index (χ4n) is 1.75. The molecule has 0 aliphatic heterocycles. The van der Waals surface area contributed by atoms with Crippen molar-refractivity contribution in [3.8, 4) is 0 Å². The lowest BCUT2D eigenvalue weighted by molar-refractivity contribution is -0.119. The lowest BCUT2D eigenvalue weighted by Gasteiger charge is -2.11. The Morgan fingerprint density at radius 3 is 2.74 bits per heavy atom. The van der Waals surface area contributed by atoms with E-state index in [9.17, 15) is 4.79 Å². The van der Waals surface area contributed by atoms with Crippen molar-refractivity contribution in [2.24, 2.45) is 5.92 Å². The fourth-order valence-corrected chi connectivity index (χ4v) is 1.75. The van der Waals surface area contributed by atoms with Gasteiger partial charge in [-0.2, -0.15) is 5.10 Å². The zero-order valence-corrected chi connectivity index (χ0v) is 11.5. The molecular formula is C12H17N5O2. The highest BCUT2D eigenvalue weighted by Crippen LogP contribution is 2.10. The highest BCUT2D eigenvalue weighted by molar-refractivity contribution is 5.91. The Morgan fingerprint density at radius 1 is 1.47 bits per heavy atom. The van der Waals surface area contributed by atoms with E-state index >= 15 is 0 Å². The Balaban J connectivity index is 1.97. The third kappa shape index (κ3) is 3.18. The van der Waals surface area contributed by atoms with Gasteiger partial charge >= 0.3 is 0 Å². The van der Waals surface area contributed by atoms with Crippen LogP contribution in [-0.4, -0.2) is 25.8 Å². The molecule has 0 fully saturated rings. The molecule has 2 aromatic rings. The van der Waals surface area contributed by atoms with Crippen LogP contribution in [0, 0.1) is 26.7 Å².